The summed E-state index contributed by atoms with van der Waals surface area (Å²) in [6.07, 6.45) is 2.47. The van der Waals surface area contributed by atoms with Gasteiger partial charge in [-0.15, -0.1) is 0 Å². The first-order chi connectivity index (χ1) is 9.13. The van der Waals surface area contributed by atoms with Gasteiger partial charge in [-0.3, -0.25) is 0 Å². The fraction of sp³-hybridized carbons (Fsp3) is 0.438. The van der Waals surface area contributed by atoms with Gasteiger partial charge in [-0.1, -0.05) is 36.4 Å². The molecule has 0 unspecified atom stereocenters. The normalized spacial score (nSPS) is 11.7. The molecule has 1 rings (SSSR count). The van der Waals surface area contributed by atoms with Crippen LogP contribution in [0.1, 0.15) is 26.3 Å². The number of carbonyl (C=O) groups excluding carboxylic acids is 1. The Morgan fingerprint density at radius 3 is 2.53 bits per heavy atom. The van der Waals surface area contributed by atoms with Crippen LogP contribution in [0.15, 0.2) is 42.0 Å². The summed E-state index contributed by atoms with van der Waals surface area (Å²) in [5, 5.41) is 0. The molecule has 0 amide bonds. The van der Waals surface area contributed by atoms with Crippen molar-refractivity contribution in [3.8, 4) is 0 Å². The maximum atomic E-state index is 11.9. The van der Waals surface area contributed by atoms with Crippen molar-refractivity contribution >= 4 is 5.97 Å². The van der Waals surface area contributed by atoms with Crippen LogP contribution in [-0.4, -0.2) is 25.3 Å². The van der Waals surface area contributed by atoms with E-state index in [9.17, 15) is 4.79 Å². The van der Waals surface area contributed by atoms with E-state index in [0.29, 0.717) is 25.2 Å². The number of hydrogen-bond donors (Lipinski definition) is 0. The van der Waals surface area contributed by atoms with Crippen molar-refractivity contribution in [1.82, 2.24) is 0 Å². The lowest BCUT2D eigenvalue weighted by Crippen LogP contribution is -2.17. The standard InChI is InChI=1S/C16H22O3/c1-4-18-12-15(16(17)19-13(2)3)11-10-14-8-6-5-7-9-14/h5-9,11,13H,4,10,12H2,1-3H3. The lowest BCUT2D eigenvalue weighted by atomic mass is 10.1. The molecule has 0 aliphatic rings. The van der Waals surface area contributed by atoms with Crippen LogP contribution >= 0.6 is 0 Å². The van der Waals surface area contributed by atoms with Gasteiger partial charge in [0.1, 0.15) is 0 Å². The van der Waals surface area contributed by atoms with E-state index in [-0.39, 0.29) is 12.1 Å². The van der Waals surface area contributed by atoms with E-state index < -0.39 is 0 Å². The molecule has 0 saturated heterocycles. The number of carbonyl (C=O) groups is 1. The van der Waals surface area contributed by atoms with E-state index in [1.807, 2.05) is 57.2 Å². The van der Waals surface area contributed by atoms with E-state index in [4.69, 9.17) is 9.47 Å². The summed E-state index contributed by atoms with van der Waals surface area (Å²) in [6.45, 7) is 6.47. The fourth-order valence-corrected chi connectivity index (χ4v) is 1.56. The van der Waals surface area contributed by atoms with Crippen molar-refractivity contribution in [2.45, 2.75) is 33.3 Å². The van der Waals surface area contributed by atoms with Gasteiger partial charge in [0.25, 0.3) is 0 Å². The molecule has 0 saturated carbocycles. The molecular formula is C16H22O3. The Balaban J connectivity index is 2.69. The summed E-state index contributed by atoms with van der Waals surface area (Å²) >= 11 is 0. The summed E-state index contributed by atoms with van der Waals surface area (Å²) in [5.41, 5.74) is 1.74. The molecule has 3 heteroatoms. The molecule has 0 aromatic heterocycles. The smallest absolute Gasteiger partial charge is 0.336 e. The van der Waals surface area contributed by atoms with Gasteiger partial charge in [0, 0.05) is 6.61 Å². The van der Waals surface area contributed by atoms with E-state index in [2.05, 4.69) is 0 Å². The molecule has 0 aliphatic heterocycles. The number of allylic oxidation sites excluding steroid dienone is 1. The number of rotatable bonds is 7. The molecule has 0 atom stereocenters. The topological polar surface area (TPSA) is 35.5 Å². The molecular weight excluding hydrogens is 240 g/mol. The number of esters is 1. The minimum Gasteiger partial charge on any atom is -0.460 e. The molecule has 1 aromatic carbocycles. The highest BCUT2D eigenvalue weighted by atomic mass is 16.5. The Morgan fingerprint density at radius 1 is 1.26 bits per heavy atom. The molecule has 19 heavy (non-hydrogen) atoms. The van der Waals surface area contributed by atoms with Crippen LogP contribution in [0.25, 0.3) is 0 Å². The zero-order chi connectivity index (χ0) is 14.1. The van der Waals surface area contributed by atoms with Crippen molar-refractivity contribution in [3.63, 3.8) is 0 Å². The second-order valence-corrected chi connectivity index (χ2v) is 4.51. The lowest BCUT2D eigenvalue weighted by Gasteiger charge is -2.11. The first-order valence-electron chi connectivity index (χ1n) is 6.65. The highest BCUT2D eigenvalue weighted by molar-refractivity contribution is 5.88. The molecule has 104 valence electrons. The van der Waals surface area contributed by atoms with Gasteiger partial charge in [-0.05, 0) is 32.8 Å². The fourth-order valence-electron chi connectivity index (χ4n) is 1.56. The second-order valence-electron chi connectivity index (χ2n) is 4.51. The Labute approximate surface area is 115 Å². The maximum absolute atomic E-state index is 11.9. The van der Waals surface area contributed by atoms with Gasteiger partial charge >= 0.3 is 5.97 Å². The van der Waals surface area contributed by atoms with E-state index in [1.54, 1.807) is 0 Å². The predicted molar refractivity (Wildman–Crippen MR) is 76.0 cm³/mol. The summed E-state index contributed by atoms with van der Waals surface area (Å²) in [6, 6.07) is 10.0. The Bertz CT molecular complexity index is 407. The minimum absolute atomic E-state index is 0.116. The summed E-state index contributed by atoms with van der Waals surface area (Å²) in [4.78, 5) is 11.9. The highest BCUT2D eigenvalue weighted by Crippen LogP contribution is 2.07. The summed E-state index contributed by atoms with van der Waals surface area (Å²) < 4.78 is 10.5. The van der Waals surface area contributed by atoms with Gasteiger partial charge in [-0.25, -0.2) is 4.79 Å². The average Bonchev–Trinajstić information content (AvgIpc) is 2.39. The quantitative estimate of drug-likeness (QED) is 0.559. The van der Waals surface area contributed by atoms with Crippen LogP contribution in [0.5, 0.6) is 0 Å². The van der Waals surface area contributed by atoms with Gasteiger partial charge in [0.2, 0.25) is 0 Å². The molecule has 0 bridgehead atoms. The number of hydrogen-bond acceptors (Lipinski definition) is 3. The predicted octanol–water partition coefficient (Wildman–Crippen LogP) is 3.14. The third kappa shape index (κ3) is 6.20. The highest BCUT2D eigenvalue weighted by Gasteiger charge is 2.12. The van der Waals surface area contributed by atoms with Crippen molar-refractivity contribution < 1.29 is 14.3 Å². The Morgan fingerprint density at radius 2 is 1.95 bits per heavy atom. The molecule has 0 fully saturated rings. The molecule has 0 N–H and O–H groups in total. The Kier molecular flexibility index (Phi) is 6.90. The first kappa shape index (κ1) is 15.4. The van der Waals surface area contributed by atoms with Gasteiger partial charge in [-0.2, -0.15) is 0 Å². The molecule has 1 aromatic rings. The number of ether oxygens (including phenoxy) is 2. The van der Waals surface area contributed by atoms with E-state index in [1.165, 1.54) is 0 Å². The van der Waals surface area contributed by atoms with Crippen LogP contribution in [0.3, 0.4) is 0 Å². The van der Waals surface area contributed by atoms with Crippen LogP contribution in [0, 0.1) is 0 Å². The third-order valence-electron chi connectivity index (χ3n) is 2.49. The summed E-state index contributed by atoms with van der Waals surface area (Å²) in [7, 11) is 0. The molecule has 3 nitrogen and oxygen atoms in total. The lowest BCUT2D eigenvalue weighted by molar-refractivity contribution is -0.143. The number of benzene rings is 1. The zero-order valence-electron chi connectivity index (χ0n) is 11.9. The Hall–Kier alpha value is -1.61. The van der Waals surface area contributed by atoms with Crippen molar-refractivity contribution in [2.75, 3.05) is 13.2 Å². The third-order valence-corrected chi connectivity index (χ3v) is 2.49. The van der Waals surface area contributed by atoms with Gasteiger partial charge in [0.05, 0.1) is 18.3 Å². The van der Waals surface area contributed by atoms with Gasteiger partial charge in [0.15, 0.2) is 0 Å². The largest absolute Gasteiger partial charge is 0.460 e. The van der Waals surface area contributed by atoms with Crippen molar-refractivity contribution in [3.05, 3.63) is 47.5 Å². The second kappa shape index (κ2) is 8.48. The SMILES string of the molecule is CCOCC(=CCc1ccccc1)C(=O)OC(C)C. The molecule has 0 heterocycles. The summed E-state index contributed by atoms with van der Waals surface area (Å²) in [5.74, 6) is -0.292. The van der Waals surface area contributed by atoms with Crippen LogP contribution in [0.4, 0.5) is 0 Å². The van der Waals surface area contributed by atoms with Crippen LogP contribution < -0.4 is 0 Å². The zero-order valence-corrected chi connectivity index (χ0v) is 11.9. The van der Waals surface area contributed by atoms with Crippen LogP contribution in [0.2, 0.25) is 0 Å². The maximum Gasteiger partial charge on any atom is 0.336 e. The van der Waals surface area contributed by atoms with Gasteiger partial charge < -0.3 is 9.47 Å². The molecule has 0 radical (unpaired) electrons. The minimum atomic E-state index is -0.292. The monoisotopic (exact) mass is 262 g/mol. The van der Waals surface area contributed by atoms with E-state index in [0.717, 1.165) is 5.56 Å². The van der Waals surface area contributed by atoms with Crippen molar-refractivity contribution in [2.24, 2.45) is 0 Å². The first-order valence-corrected chi connectivity index (χ1v) is 6.65. The van der Waals surface area contributed by atoms with E-state index >= 15 is 0 Å². The molecule has 0 aliphatic carbocycles. The van der Waals surface area contributed by atoms with Crippen molar-refractivity contribution in [1.29, 1.82) is 0 Å². The van der Waals surface area contributed by atoms with Crippen LogP contribution in [-0.2, 0) is 20.7 Å². The average molecular weight is 262 g/mol. The molecule has 0 spiro atoms.